The standard InChI is InChI=1S/C25H29N3O3/c1-16(2)15-18-5-7-21(8-6-18)23-26-22(28-31-23)20-11-9-19(10-12-20)17(3)27-25(24(29)30)13-4-14-25/h5-12,16-17,27H,4,13-15H2,1-3H3,(H,29,30). The molecule has 0 aliphatic heterocycles. The van der Waals surface area contributed by atoms with Crippen LogP contribution in [0.5, 0.6) is 0 Å². The van der Waals surface area contributed by atoms with Crippen LogP contribution in [0.2, 0.25) is 0 Å². The molecule has 4 rings (SSSR count). The lowest BCUT2D eigenvalue weighted by Gasteiger charge is -2.40. The minimum absolute atomic E-state index is 0.0596. The molecule has 0 spiro atoms. The third-order valence-electron chi connectivity index (χ3n) is 6.05. The van der Waals surface area contributed by atoms with Crippen LogP contribution in [0.15, 0.2) is 53.1 Å². The molecule has 3 aromatic rings. The molecular weight excluding hydrogens is 390 g/mol. The monoisotopic (exact) mass is 419 g/mol. The topological polar surface area (TPSA) is 88.2 Å². The highest BCUT2D eigenvalue weighted by Crippen LogP contribution is 2.35. The van der Waals surface area contributed by atoms with Crippen LogP contribution >= 0.6 is 0 Å². The van der Waals surface area contributed by atoms with Crippen molar-refractivity contribution < 1.29 is 14.4 Å². The van der Waals surface area contributed by atoms with Crippen molar-refractivity contribution in [2.24, 2.45) is 5.92 Å². The Morgan fingerprint density at radius 2 is 1.71 bits per heavy atom. The van der Waals surface area contributed by atoms with Gasteiger partial charge in [0.25, 0.3) is 5.89 Å². The highest BCUT2D eigenvalue weighted by atomic mass is 16.5. The molecule has 0 amide bonds. The summed E-state index contributed by atoms with van der Waals surface area (Å²) in [5, 5.41) is 17.0. The van der Waals surface area contributed by atoms with Gasteiger partial charge in [0.15, 0.2) is 0 Å². The maximum absolute atomic E-state index is 11.6. The smallest absolute Gasteiger partial charge is 0.323 e. The van der Waals surface area contributed by atoms with Gasteiger partial charge in [-0.2, -0.15) is 4.98 Å². The van der Waals surface area contributed by atoms with Crippen LogP contribution in [0.4, 0.5) is 0 Å². The Labute approximate surface area is 182 Å². The second-order valence-electron chi connectivity index (χ2n) is 8.95. The predicted octanol–water partition coefficient (Wildman–Crippen LogP) is 5.26. The van der Waals surface area contributed by atoms with E-state index in [0.29, 0.717) is 30.5 Å². The third-order valence-corrected chi connectivity index (χ3v) is 6.05. The van der Waals surface area contributed by atoms with Crippen LogP contribution < -0.4 is 5.32 Å². The average molecular weight is 420 g/mol. The molecule has 0 saturated heterocycles. The van der Waals surface area contributed by atoms with Gasteiger partial charge in [-0.25, -0.2) is 0 Å². The number of benzene rings is 2. The van der Waals surface area contributed by atoms with Gasteiger partial charge in [-0.05, 0) is 61.8 Å². The van der Waals surface area contributed by atoms with Crippen LogP contribution in [-0.4, -0.2) is 26.8 Å². The molecule has 6 nitrogen and oxygen atoms in total. The highest BCUT2D eigenvalue weighted by Gasteiger charge is 2.45. The predicted molar refractivity (Wildman–Crippen MR) is 119 cm³/mol. The first-order valence-corrected chi connectivity index (χ1v) is 10.9. The van der Waals surface area contributed by atoms with Gasteiger partial charge in [-0.3, -0.25) is 10.1 Å². The van der Waals surface area contributed by atoms with E-state index in [1.807, 2.05) is 43.3 Å². The third kappa shape index (κ3) is 4.54. The van der Waals surface area contributed by atoms with E-state index in [1.54, 1.807) is 0 Å². The average Bonchev–Trinajstić information content (AvgIpc) is 3.21. The summed E-state index contributed by atoms with van der Waals surface area (Å²) in [6.07, 6.45) is 3.35. The number of carbonyl (C=O) groups is 1. The second-order valence-corrected chi connectivity index (χ2v) is 8.95. The minimum atomic E-state index is -0.786. The van der Waals surface area contributed by atoms with Gasteiger partial charge in [0, 0.05) is 17.2 Å². The number of aromatic nitrogens is 2. The largest absolute Gasteiger partial charge is 0.480 e. The number of nitrogens with zero attached hydrogens (tertiary/aromatic N) is 2. The molecule has 0 bridgehead atoms. The second kappa shape index (κ2) is 8.63. The molecule has 2 N–H and O–H groups in total. The summed E-state index contributed by atoms with van der Waals surface area (Å²) in [5.41, 5.74) is 3.30. The van der Waals surface area contributed by atoms with Crippen molar-refractivity contribution >= 4 is 5.97 Å². The lowest BCUT2D eigenvalue weighted by atomic mass is 9.76. The molecule has 1 aromatic heterocycles. The molecule has 1 heterocycles. The van der Waals surface area contributed by atoms with E-state index < -0.39 is 11.5 Å². The molecule has 6 heteroatoms. The molecule has 1 atom stereocenters. The SMILES string of the molecule is CC(C)Cc1ccc(-c2nc(-c3ccc(C(C)NC4(C(=O)O)CCC4)cc3)no2)cc1. The quantitative estimate of drug-likeness (QED) is 0.518. The van der Waals surface area contributed by atoms with Crippen LogP contribution in [0.1, 0.15) is 57.2 Å². The molecule has 2 aromatic carbocycles. The van der Waals surface area contributed by atoms with Gasteiger partial charge in [0.1, 0.15) is 5.54 Å². The number of carboxylic acids is 1. The summed E-state index contributed by atoms with van der Waals surface area (Å²) in [6, 6.07) is 16.0. The van der Waals surface area contributed by atoms with Crippen LogP contribution in [0, 0.1) is 5.92 Å². The molecule has 1 unspecified atom stereocenters. The van der Waals surface area contributed by atoms with Crippen molar-refractivity contribution in [3.63, 3.8) is 0 Å². The van der Waals surface area contributed by atoms with Crippen molar-refractivity contribution in [2.75, 3.05) is 0 Å². The van der Waals surface area contributed by atoms with Gasteiger partial charge in [-0.15, -0.1) is 0 Å². The Kier molecular flexibility index (Phi) is 5.92. The van der Waals surface area contributed by atoms with Gasteiger partial charge in [0.05, 0.1) is 0 Å². The first-order valence-electron chi connectivity index (χ1n) is 10.9. The zero-order valence-electron chi connectivity index (χ0n) is 18.3. The molecule has 1 aliphatic rings. The number of carboxylic acid groups (broad SMARTS) is 1. The number of nitrogens with one attached hydrogen (secondary N) is 1. The summed E-state index contributed by atoms with van der Waals surface area (Å²) in [4.78, 5) is 16.2. The number of aliphatic carboxylic acids is 1. The Balaban J connectivity index is 1.45. The van der Waals surface area contributed by atoms with E-state index >= 15 is 0 Å². The first kappa shape index (κ1) is 21.2. The molecule has 0 radical (unpaired) electrons. The fourth-order valence-corrected chi connectivity index (χ4v) is 4.08. The van der Waals surface area contributed by atoms with Crippen molar-refractivity contribution in [1.29, 1.82) is 0 Å². The number of rotatable bonds is 8. The van der Waals surface area contributed by atoms with Crippen LogP contribution in [-0.2, 0) is 11.2 Å². The fourth-order valence-electron chi connectivity index (χ4n) is 4.08. The molecule has 1 fully saturated rings. The Morgan fingerprint density at radius 1 is 1.06 bits per heavy atom. The summed E-state index contributed by atoms with van der Waals surface area (Å²) in [5.74, 6) is 0.886. The molecule has 1 aliphatic carbocycles. The maximum atomic E-state index is 11.6. The number of hydrogen-bond donors (Lipinski definition) is 2. The van der Waals surface area contributed by atoms with Crippen molar-refractivity contribution in [2.45, 2.75) is 58.0 Å². The van der Waals surface area contributed by atoms with Crippen molar-refractivity contribution in [1.82, 2.24) is 15.5 Å². The lowest BCUT2D eigenvalue weighted by Crippen LogP contribution is -2.57. The zero-order valence-corrected chi connectivity index (χ0v) is 18.3. The van der Waals surface area contributed by atoms with Crippen LogP contribution in [0.25, 0.3) is 22.8 Å². The van der Waals surface area contributed by atoms with E-state index in [2.05, 4.69) is 41.4 Å². The number of hydrogen-bond acceptors (Lipinski definition) is 5. The van der Waals surface area contributed by atoms with Crippen molar-refractivity contribution in [3.8, 4) is 22.8 Å². The van der Waals surface area contributed by atoms with E-state index in [0.717, 1.165) is 29.5 Å². The Morgan fingerprint density at radius 3 is 2.26 bits per heavy atom. The maximum Gasteiger partial charge on any atom is 0.323 e. The highest BCUT2D eigenvalue weighted by molar-refractivity contribution is 5.80. The van der Waals surface area contributed by atoms with E-state index in [4.69, 9.17) is 4.52 Å². The van der Waals surface area contributed by atoms with Gasteiger partial charge < -0.3 is 9.63 Å². The summed E-state index contributed by atoms with van der Waals surface area (Å²) in [7, 11) is 0. The first-order chi connectivity index (χ1) is 14.9. The van der Waals surface area contributed by atoms with Gasteiger partial charge in [0.2, 0.25) is 5.82 Å². The summed E-state index contributed by atoms with van der Waals surface area (Å²) >= 11 is 0. The molecule has 162 valence electrons. The molecular formula is C25H29N3O3. The Hall–Kier alpha value is -2.99. The minimum Gasteiger partial charge on any atom is -0.480 e. The lowest BCUT2D eigenvalue weighted by molar-refractivity contribution is -0.149. The summed E-state index contributed by atoms with van der Waals surface area (Å²) in [6.45, 7) is 6.41. The molecule has 1 saturated carbocycles. The van der Waals surface area contributed by atoms with E-state index in [9.17, 15) is 9.90 Å². The van der Waals surface area contributed by atoms with Gasteiger partial charge >= 0.3 is 5.97 Å². The van der Waals surface area contributed by atoms with E-state index in [1.165, 1.54) is 5.56 Å². The molecule has 31 heavy (non-hydrogen) atoms. The van der Waals surface area contributed by atoms with Gasteiger partial charge in [-0.1, -0.05) is 55.4 Å². The normalized spacial score (nSPS) is 16.1. The van der Waals surface area contributed by atoms with E-state index in [-0.39, 0.29) is 6.04 Å². The fraction of sp³-hybridized carbons (Fsp3) is 0.400. The van der Waals surface area contributed by atoms with Crippen LogP contribution in [0.3, 0.4) is 0 Å². The zero-order chi connectivity index (χ0) is 22.0. The summed E-state index contributed by atoms with van der Waals surface area (Å²) < 4.78 is 5.48. The Bertz CT molecular complexity index is 1030. The van der Waals surface area contributed by atoms with Crippen molar-refractivity contribution in [3.05, 3.63) is 59.7 Å².